The zero-order chi connectivity index (χ0) is 18.7. The molecule has 3 N–H and O–H groups in total. The van der Waals surface area contributed by atoms with E-state index in [0.29, 0.717) is 18.0 Å². The Labute approximate surface area is 154 Å². The maximum absolute atomic E-state index is 12.5. The highest BCUT2D eigenvalue weighted by Gasteiger charge is 2.36. The van der Waals surface area contributed by atoms with Crippen LogP contribution in [-0.2, 0) is 9.59 Å². The van der Waals surface area contributed by atoms with E-state index in [9.17, 15) is 14.7 Å². The molecule has 140 valence electrons. The molecule has 1 unspecified atom stereocenters. The van der Waals surface area contributed by atoms with Crippen molar-refractivity contribution in [2.24, 2.45) is 5.92 Å². The van der Waals surface area contributed by atoms with Crippen LogP contribution >= 0.6 is 0 Å². The molecule has 1 atom stereocenters. The highest BCUT2D eigenvalue weighted by atomic mass is 16.3. The average molecular weight is 357 g/mol. The first-order valence-corrected chi connectivity index (χ1v) is 9.36. The van der Waals surface area contributed by atoms with Gasteiger partial charge in [0.25, 0.3) is 11.8 Å². The third-order valence-electron chi connectivity index (χ3n) is 4.90. The van der Waals surface area contributed by atoms with Crippen LogP contribution in [0.1, 0.15) is 39.5 Å². The van der Waals surface area contributed by atoms with Gasteiger partial charge in [-0.3, -0.25) is 9.59 Å². The number of aliphatic hydroxyl groups excluding tert-OH is 1. The zero-order valence-electron chi connectivity index (χ0n) is 15.4. The molecule has 0 radical (unpaired) electrons. The van der Waals surface area contributed by atoms with Crippen molar-refractivity contribution in [2.75, 3.05) is 23.3 Å². The Bertz CT molecular complexity index is 704. The summed E-state index contributed by atoms with van der Waals surface area (Å²) in [5, 5.41) is 15.6. The molecule has 2 aliphatic rings. The summed E-state index contributed by atoms with van der Waals surface area (Å²) in [5.74, 6) is -0.953. The largest absolute Gasteiger partial charge is 0.509 e. The number of carbonyl (C=O) groups is 2. The number of rotatable bonds is 5. The third kappa shape index (κ3) is 4.00. The van der Waals surface area contributed by atoms with Gasteiger partial charge in [-0.1, -0.05) is 13.8 Å². The van der Waals surface area contributed by atoms with Gasteiger partial charge in [0.1, 0.15) is 11.3 Å². The number of piperidine rings is 1. The van der Waals surface area contributed by atoms with E-state index in [1.165, 1.54) is 19.3 Å². The summed E-state index contributed by atoms with van der Waals surface area (Å²) in [5.41, 5.74) is 1.56. The van der Waals surface area contributed by atoms with Gasteiger partial charge in [0, 0.05) is 24.5 Å². The number of benzene rings is 1. The lowest BCUT2D eigenvalue weighted by Crippen LogP contribution is -2.31. The van der Waals surface area contributed by atoms with Crippen LogP contribution in [0.25, 0.3) is 0 Å². The molecular formula is C20H27N3O3. The predicted octanol–water partition coefficient (Wildman–Crippen LogP) is 2.97. The van der Waals surface area contributed by atoms with Crippen LogP contribution in [-0.4, -0.2) is 36.1 Å². The van der Waals surface area contributed by atoms with Gasteiger partial charge in [0.15, 0.2) is 0 Å². The molecule has 0 spiro atoms. The Morgan fingerprint density at radius 2 is 1.88 bits per heavy atom. The summed E-state index contributed by atoms with van der Waals surface area (Å²) in [6.07, 6.45) is 4.29. The number of hydrogen-bond donors (Lipinski definition) is 3. The Balaban J connectivity index is 1.67. The molecule has 2 aliphatic heterocycles. The number of hydrogen-bond acceptors (Lipinski definition) is 4. The number of nitrogens with zero attached hydrogens (tertiary/aromatic N) is 1. The molecule has 2 heterocycles. The lowest BCUT2D eigenvalue weighted by molar-refractivity contribution is -0.120. The van der Waals surface area contributed by atoms with E-state index in [-0.39, 0.29) is 11.3 Å². The van der Waals surface area contributed by atoms with Crippen molar-refractivity contribution in [3.63, 3.8) is 0 Å². The second-order valence-electron chi connectivity index (χ2n) is 7.46. The molecule has 0 bridgehead atoms. The fourth-order valence-electron chi connectivity index (χ4n) is 3.55. The summed E-state index contributed by atoms with van der Waals surface area (Å²) in [6.45, 7) is 6.12. The number of amides is 2. The normalized spacial score (nSPS) is 20.5. The van der Waals surface area contributed by atoms with Crippen LogP contribution in [0.15, 0.2) is 35.6 Å². The number of aliphatic hydroxyl groups is 1. The van der Waals surface area contributed by atoms with Gasteiger partial charge < -0.3 is 20.6 Å². The number of nitrogens with one attached hydrogen (secondary N) is 2. The molecule has 6 nitrogen and oxygen atoms in total. The van der Waals surface area contributed by atoms with Crippen molar-refractivity contribution < 1.29 is 14.7 Å². The second kappa shape index (κ2) is 7.81. The molecule has 0 aliphatic carbocycles. The van der Waals surface area contributed by atoms with E-state index in [1.54, 1.807) is 0 Å². The van der Waals surface area contributed by atoms with Crippen LogP contribution in [0.3, 0.4) is 0 Å². The topological polar surface area (TPSA) is 81.7 Å². The summed E-state index contributed by atoms with van der Waals surface area (Å²) >= 11 is 0. The molecule has 1 fully saturated rings. The lowest BCUT2D eigenvalue weighted by Gasteiger charge is -2.28. The first-order chi connectivity index (χ1) is 12.5. The van der Waals surface area contributed by atoms with Gasteiger partial charge >= 0.3 is 0 Å². The van der Waals surface area contributed by atoms with E-state index < -0.39 is 17.9 Å². The molecule has 26 heavy (non-hydrogen) atoms. The van der Waals surface area contributed by atoms with E-state index in [2.05, 4.69) is 15.5 Å². The number of anilines is 2. The molecule has 0 aromatic heterocycles. The van der Waals surface area contributed by atoms with Crippen LogP contribution in [0.4, 0.5) is 11.4 Å². The van der Waals surface area contributed by atoms with Crippen LogP contribution in [0, 0.1) is 5.92 Å². The Morgan fingerprint density at radius 3 is 2.50 bits per heavy atom. The Morgan fingerprint density at radius 1 is 1.23 bits per heavy atom. The molecule has 6 heteroatoms. The molecular weight excluding hydrogens is 330 g/mol. The smallest absolute Gasteiger partial charge is 0.264 e. The van der Waals surface area contributed by atoms with Gasteiger partial charge in [0.2, 0.25) is 0 Å². The summed E-state index contributed by atoms with van der Waals surface area (Å²) in [4.78, 5) is 26.9. The van der Waals surface area contributed by atoms with Gasteiger partial charge in [-0.2, -0.15) is 0 Å². The van der Waals surface area contributed by atoms with E-state index >= 15 is 0 Å². The van der Waals surface area contributed by atoms with Gasteiger partial charge in [-0.25, -0.2) is 0 Å². The maximum atomic E-state index is 12.5. The number of carbonyl (C=O) groups excluding carboxylic acids is 2. The first-order valence-electron chi connectivity index (χ1n) is 9.36. The minimum absolute atomic E-state index is 0.161. The van der Waals surface area contributed by atoms with Crippen LogP contribution in [0.2, 0.25) is 0 Å². The van der Waals surface area contributed by atoms with Gasteiger partial charge in [0.05, 0.1) is 6.04 Å². The van der Waals surface area contributed by atoms with E-state index in [1.807, 2.05) is 38.1 Å². The average Bonchev–Trinajstić information content (AvgIpc) is 2.89. The molecule has 0 saturated carbocycles. The van der Waals surface area contributed by atoms with Crippen molar-refractivity contribution in [3.8, 4) is 0 Å². The highest BCUT2D eigenvalue weighted by Crippen LogP contribution is 2.24. The Hall–Kier alpha value is -2.50. The lowest BCUT2D eigenvalue weighted by atomic mass is 10.0. The molecule has 3 rings (SSSR count). The molecule has 1 saturated heterocycles. The van der Waals surface area contributed by atoms with Gasteiger partial charge in [-0.15, -0.1) is 0 Å². The maximum Gasteiger partial charge on any atom is 0.264 e. The monoisotopic (exact) mass is 357 g/mol. The SMILES string of the molecule is CC(C)CC1NC(=O)C(C(=O)Nc2ccc(N3CCCCC3)cc2)=C1O. The van der Waals surface area contributed by atoms with E-state index in [4.69, 9.17) is 0 Å². The fourth-order valence-corrected chi connectivity index (χ4v) is 3.55. The summed E-state index contributed by atoms with van der Waals surface area (Å²) in [7, 11) is 0. The van der Waals surface area contributed by atoms with Crippen LogP contribution in [0.5, 0.6) is 0 Å². The minimum Gasteiger partial charge on any atom is -0.509 e. The quantitative estimate of drug-likeness (QED) is 0.708. The standard InChI is InChI=1S/C20H27N3O3/c1-13(2)12-16-18(24)17(20(26)22-16)19(25)21-14-6-8-15(9-7-14)23-10-4-3-5-11-23/h6-9,13,16,24H,3-5,10-12H2,1-2H3,(H,21,25)(H,22,26). The first kappa shape index (κ1) is 18.3. The van der Waals surface area contributed by atoms with E-state index in [0.717, 1.165) is 18.8 Å². The van der Waals surface area contributed by atoms with Crippen molar-refractivity contribution in [3.05, 3.63) is 35.6 Å². The molecule has 2 amide bonds. The van der Waals surface area contributed by atoms with Crippen molar-refractivity contribution in [1.29, 1.82) is 0 Å². The van der Waals surface area contributed by atoms with Crippen molar-refractivity contribution in [1.82, 2.24) is 5.32 Å². The second-order valence-corrected chi connectivity index (χ2v) is 7.46. The third-order valence-corrected chi connectivity index (χ3v) is 4.90. The van der Waals surface area contributed by atoms with Crippen LogP contribution < -0.4 is 15.5 Å². The van der Waals surface area contributed by atoms with Crippen molar-refractivity contribution in [2.45, 2.75) is 45.6 Å². The predicted molar refractivity (Wildman–Crippen MR) is 102 cm³/mol. The fraction of sp³-hybridized carbons (Fsp3) is 0.500. The minimum atomic E-state index is -0.572. The summed E-state index contributed by atoms with van der Waals surface area (Å²) in [6, 6.07) is 7.14. The highest BCUT2D eigenvalue weighted by molar-refractivity contribution is 6.24. The van der Waals surface area contributed by atoms with Crippen molar-refractivity contribution >= 4 is 23.2 Å². The van der Waals surface area contributed by atoms with Gasteiger partial charge in [-0.05, 0) is 55.9 Å². The zero-order valence-corrected chi connectivity index (χ0v) is 15.4. The summed E-state index contributed by atoms with van der Waals surface area (Å²) < 4.78 is 0. The Kier molecular flexibility index (Phi) is 5.49. The molecule has 1 aromatic carbocycles. The molecule has 1 aromatic rings.